The minimum absolute atomic E-state index is 0.934. The molecule has 0 amide bonds. The summed E-state index contributed by atoms with van der Waals surface area (Å²) in [6.45, 7) is 0. The number of para-hydroxylation sites is 1. The van der Waals surface area contributed by atoms with Crippen molar-refractivity contribution in [1.82, 2.24) is 9.97 Å². The van der Waals surface area contributed by atoms with E-state index in [-0.39, 0.29) is 0 Å². The van der Waals surface area contributed by atoms with E-state index < -0.39 is 0 Å². The van der Waals surface area contributed by atoms with Gasteiger partial charge in [-0.05, 0) is 34.4 Å². The highest BCUT2D eigenvalue weighted by Gasteiger charge is 2.17. The first-order valence-corrected chi connectivity index (χ1v) is 8.92. The molecule has 5 rings (SSSR count). The molecule has 0 bridgehead atoms. The molecular formula is C24H17N3. The number of anilines is 3. The molecule has 0 aliphatic heterocycles. The third-order valence-electron chi connectivity index (χ3n) is 4.81. The van der Waals surface area contributed by atoms with Crippen LogP contribution >= 0.6 is 0 Å². The van der Waals surface area contributed by atoms with Crippen molar-refractivity contribution in [2.45, 2.75) is 0 Å². The Bertz CT molecular complexity index is 1180. The van der Waals surface area contributed by atoms with Gasteiger partial charge in [0, 0.05) is 11.1 Å². The van der Waals surface area contributed by atoms with Crippen molar-refractivity contribution >= 4 is 38.6 Å². The maximum Gasteiger partial charge on any atom is 0.115 e. The van der Waals surface area contributed by atoms with Crippen LogP contribution in [0.2, 0.25) is 0 Å². The zero-order valence-corrected chi connectivity index (χ0v) is 14.7. The van der Waals surface area contributed by atoms with Crippen LogP contribution in [0.1, 0.15) is 0 Å². The van der Waals surface area contributed by atoms with Gasteiger partial charge in [0.25, 0.3) is 0 Å². The first kappa shape index (κ1) is 15.5. The van der Waals surface area contributed by atoms with Gasteiger partial charge in [0.1, 0.15) is 6.33 Å². The molecule has 0 aliphatic rings. The van der Waals surface area contributed by atoms with Crippen LogP contribution in [0.4, 0.5) is 17.1 Å². The average molecular weight is 347 g/mol. The second-order valence-corrected chi connectivity index (χ2v) is 6.43. The van der Waals surface area contributed by atoms with Crippen molar-refractivity contribution in [3.8, 4) is 0 Å². The summed E-state index contributed by atoms with van der Waals surface area (Å²) in [4.78, 5) is 10.7. The van der Waals surface area contributed by atoms with E-state index in [1.807, 2.05) is 18.5 Å². The predicted octanol–water partition coefficient (Wildman–Crippen LogP) is 6.25. The fourth-order valence-corrected chi connectivity index (χ4v) is 3.63. The van der Waals surface area contributed by atoms with Crippen LogP contribution < -0.4 is 4.90 Å². The third-order valence-corrected chi connectivity index (χ3v) is 4.81. The lowest BCUT2D eigenvalue weighted by molar-refractivity contribution is 1.13. The minimum atomic E-state index is 0.934. The highest BCUT2D eigenvalue weighted by atomic mass is 15.2. The Labute approximate surface area is 157 Å². The highest BCUT2D eigenvalue weighted by Crippen LogP contribution is 2.41. The van der Waals surface area contributed by atoms with Gasteiger partial charge in [0.05, 0.1) is 23.8 Å². The normalized spacial score (nSPS) is 11.0. The van der Waals surface area contributed by atoms with Crippen LogP contribution in [-0.2, 0) is 0 Å². The van der Waals surface area contributed by atoms with E-state index in [9.17, 15) is 0 Å². The first-order valence-electron chi connectivity index (χ1n) is 8.92. The largest absolute Gasteiger partial charge is 0.307 e. The summed E-state index contributed by atoms with van der Waals surface area (Å²) in [5.41, 5.74) is 3.13. The molecule has 3 nitrogen and oxygen atoms in total. The summed E-state index contributed by atoms with van der Waals surface area (Å²) in [6, 6.07) is 29.7. The molecule has 4 aromatic carbocycles. The topological polar surface area (TPSA) is 29.0 Å². The Morgan fingerprint density at radius 1 is 0.556 bits per heavy atom. The van der Waals surface area contributed by atoms with Crippen molar-refractivity contribution in [2.24, 2.45) is 0 Å². The summed E-state index contributed by atoms with van der Waals surface area (Å²) in [6.07, 6.45) is 5.26. The number of rotatable bonds is 3. The van der Waals surface area contributed by atoms with Crippen LogP contribution in [0.25, 0.3) is 21.5 Å². The monoisotopic (exact) mass is 347 g/mol. The van der Waals surface area contributed by atoms with Crippen molar-refractivity contribution in [2.75, 3.05) is 4.90 Å². The Morgan fingerprint density at radius 3 is 1.96 bits per heavy atom. The van der Waals surface area contributed by atoms with Gasteiger partial charge < -0.3 is 4.90 Å². The molecule has 0 atom stereocenters. The van der Waals surface area contributed by atoms with Crippen molar-refractivity contribution in [3.05, 3.63) is 104 Å². The molecule has 0 N–H and O–H groups in total. The molecule has 0 fully saturated rings. The molecular weight excluding hydrogens is 330 g/mol. The zero-order chi connectivity index (χ0) is 18.1. The molecule has 27 heavy (non-hydrogen) atoms. The summed E-state index contributed by atoms with van der Waals surface area (Å²) in [5, 5.41) is 4.91. The second kappa shape index (κ2) is 6.54. The van der Waals surface area contributed by atoms with Crippen LogP contribution in [0.15, 0.2) is 104 Å². The van der Waals surface area contributed by atoms with Crippen molar-refractivity contribution in [3.63, 3.8) is 0 Å². The fraction of sp³-hybridized carbons (Fsp3) is 0. The van der Waals surface area contributed by atoms with Crippen LogP contribution in [0.5, 0.6) is 0 Å². The van der Waals surface area contributed by atoms with Crippen LogP contribution in [0.3, 0.4) is 0 Å². The standard InChI is InChI=1S/C24H17N3/c1-2-9-19(10-3-1)27(20-15-25-17-26-16-20)24-14-18-8-4-5-11-21(18)22-12-6-7-13-23(22)24/h1-17H. The zero-order valence-electron chi connectivity index (χ0n) is 14.7. The maximum atomic E-state index is 4.25. The second-order valence-electron chi connectivity index (χ2n) is 6.43. The molecule has 0 unspecified atom stereocenters. The van der Waals surface area contributed by atoms with Crippen molar-refractivity contribution in [1.29, 1.82) is 0 Å². The summed E-state index contributed by atoms with van der Waals surface area (Å²) >= 11 is 0. The Balaban J connectivity index is 1.87. The molecule has 0 aliphatic carbocycles. The Kier molecular flexibility index (Phi) is 3.76. The number of aromatic nitrogens is 2. The lowest BCUT2D eigenvalue weighted by Crippen LogP contribution is -2.11. The minimum Gasteiger partial charge on any atom is -0.307 e. The SMILES string of the molecule is c1ccc(N(c2cncnc2)c2cc3ccccc3c3ccccc23)cc1. The van der Waals surface area contributed by atoms with Crippen molar-refractivity contribution < 1.29 is 0 Å². The number of nitrogens with zero attached hydrogens (tertiary/aromatic N) is 3. The number of hydrogen-bond donors (Lipinski definition) is 0. The predicted molar refractivity (Wildman–Crippen MR) is 112 cm³/mol. The molecule has 0 radical (unpaired) electrons. The maximum absolute atomic E-state index is 4.25. The lowest BCUT2D eigenvalue weighted by Gasteiger charge is -2.26. The summed E-state index contributed by atoms with van der Waals surface area (Å²) in [5.74, 6) is 0. The fourth-order valence-electron chi connectivity index (χ4n) is 3.63. The van der Waals surface area contributed by atoms with Gasteiger partial charge in [-0.2, -0.15) is 0 Å². The number of benzene rings is 4. The first-order chi connectivity index (χ1) is 13.4. The quantitative estimate of drug-likeness (QED) is 0.361. The lowest BCUT2D eigenvalue weighted by atomic mass is 9.99. The molecule has 1 heterocycles. The van der Waals surface area contributed by atoms with Crippen LogP contribution in [0, 0.1) is 0 Å². The van der Waals surface area contributed by atoms with Gasteiger partial charge in [-0.15, -0.1) is 0 Å². The third kappa shape index (κ3) is 2.70. The summed E-state index contributed by atoms with van der Waals surface area (Å²) < 4.78 is 0. The van der Waals surface area contributed by atoms with Gasteiger partial charge in [-0.3, -0.25) is 0 Å². The Hall–Kier alpha value is -3.72. The highest BCUT2D eigenvalue weighted by molar-refractivity contribution is 6.14. The molecule has 5 aromatic rings. The molecule has 0 saturated carbocycles. The van der Waals surface area contributed by atoms with Gasteiger partial charge in [-0.1, -0.05) is 66.7 Å². The molecule has 3 heteroatoms. The number of hydrogen-bond acceptors (Lipinski definition) is 3. The number of fused-ring (bicyclic) bond motifs is 3. The molecule has 0 spiro atoms. The van der Waals surface area contributed by atoms with E-state index in [1.165, 1.54) is 21.5 Å². The van der Waals surface area contributed by atoms with Gasteiger partial charge >= 0.3 is 0 Å². The van der Waals surface area contributed by atoms with E-state index in [2.05, 4.69) is 93.7 Å². The Morgan fingerprint density at radius 2 is 1.19 bits per heavy atom. The van der Waals surface area contributed by atoms with E-state index >= 15 is 0 Å². The molecule has 1 aromatic heterocycles. The smallest absolute Gasteiger partial charge is 0.115 e. The van der Waals surface area contributed by atoms with Gasteiger partial charge in [0.15, 0.2) is 0 Å². The van der Waals surface area contributed by atoms with Gasteiger partial charge in [0.2, 0.25) is 0 Å². The average Bonchev–Trinajstić information content (AvgIpc) is 2.76. The van der Waals surface area contributed by atoms with Crippen LogP contribution in [-0.4, -0.2) is 9.97 Å². The van der Waals surface area contributed by atoms with E-state index in [0.717, 1.165) is 17.1 Å². The molecule has 0 saturated heterocycles. The van der Waals surface area contributed by atoms with E-state index in [1.54, 1.807) is 6.33 Å². The molecule has 128 valence electrons. The summed E-state index contributed by atoms with van der Waals surface area (Å²) in [7, 11) is 0. The van der Waals surface area contributed by atoms with Gasteiger partial charge in [-0.25, -0.2) is 9.97 Å². The van der Waals surface area contributed by atoms with E-state index in [0.29, 0.717) is 0 Å². The van der Waals surface area contributed by atoms with E-state index in [4.69, 9.17) is 0 Å².